The molecule has 0 aliphatic carbocycles. The second kappa shape index (κ2) is 6.60. The molecule has 0 bridgehead atoms. The minimum Gasteiger partial charge on any atom is -0.481 e. The fourth-order valence-corrected chi connectivity index (χ4v) is 2.58. The molecule has 0 N–H and O–H groups in total. The number of hydrogen-bond donors (Lipinski definition) is 0. The van der Waals surface area contributed by atoms with Gasteiger partial charge < -0.3 is 9.64 Å². The van der Waals surface area contributed by atoms with Gasteiger partial charge in [0.15, 0.2) is 6.10 Å². The van der Waals surface area contributed by atoms with Crippen molar-refractivity contribution >= 4 is 5.91 Å². The van der Waals surface area contributed by atoms with Crippen molar-refractivity contribution in [2.24, 2.45) is 0 Å². The van der Waals surface area contributed by atoms with Crippen LogP contribution >= 0.6 is 0 Å². The van der Waals surface area contributed by atoms with Gasteiger partial charge in [-0.3, -0.25) is 4.79 Å². The van der Waals surface area contributed by atoms with Crippen molar-refractivity contribution in [1.29, 1.82) is 0 Å². The van der Waals surface area contributed by atoms with Crippen LogP contribution in [-0.4, -0.2) is 29.5 Å². The average Bonchev–Trinajstić information content (AvgIpc) is 2.46. The summed E-state index contributed by atoms with van der Waals surface area (Å²) in [6, 6.07) is 9.94. The predicted octanol–water partition coefficient (Wildman–Crippen LogP) is 3.25. The average molecular weight is 261 g/mol. The molecule has 1 fully saturated rings. The lowest BCUT2D eigenvalue weighted by Crippen LogP contribution is -2.48. The van der Waals surface area contributed by atoms with Gasteiger partial charge >= 0.3 is 0 Å². The maximum absolute atomic E-state index is 12.5. The molecule has 3 nitrogen and oxygen atoms in total. The molecule has 0 unspecified atom stereocenters. The molecule has 104 valence electrons. The maximum Gasteiger partial charge on any atom is 0.263 e. The summed E-state index contributed by atoms with van der Waals surface area (Å²) >= 11 is 0. The molecule has 1 aliphatic heterocycles. The molecule has 1 amide bonds. The Morgan fingerprint density at radius 2 is 2.11 bits per heavy atom. The largest absolute Gasteiger partial charge is 0.481 e. The lowest BCUT2D eigenvalue weighted by Gasteiger charge is -2.35. The number of piperidine rings is 1. The molecule has 1 aliphatic rings. The summed E-state index contributed by atoms with van der Waals surface area (Å²) in [7, 11) is 0. The first-order valence-electron chi connectivity index (χ1n) is 7.24. The third-order valence-corrected chi connectivity index (χ3v) is 3.75. The van der Waals surface area contributed by atoms with Crippen LogP contribution in [0.2, 0.25) is 0 Å². The van der Waals surface area contributed by atoms with E-state index >= 15 is 0 Å². The fourth-order valence-electron chi connectivity index (χ4n) is 2.58. The highest BCUT2D eigenvalue weighted by Crippen LogP contribution is 2.20. The standard InChI is InChI=1S/C16H23NO2/c1-3-15(19-14-10-5-4-6-11-14)16(18)17-12-8-7-9-13(17)2/h4-6,10-11,13,15H,3,7-9,12H2,1-2H3/t13-,15-/m0/s1. The van der Waals surface area contributed by atoms with E-state index in [4.69, 9.17) is 4.74 Å². The number of para-hydroxylation sites is 1. The van der Waals surface area contributed by atoms with Gasteiger partial charge in [0.2, 0.25) is 0 Å². The first kappa shape index (κ1) is 13.9. The summed E-state index contributed by atoms with van der Waals surface area (Å²) < 4.78 is 5.84. The van der Waals surface area contributed by atoms with Crippen molar-refractivity contribution < 1.29 is 9.53 Å². The number of amides is 1. The normalized spacial score (nSPS) is 20.9. The van der Waals surface area contributed by atoms with Crippen molar-refractivity contribution in [1.82, 2.24) is 4.90 Å². The quantitative estimate of drug-likeness (QED) is 0.832. The fraction of sp³-hybridized carbons (Fsp3) is 0.562. The Hall–Kier alpha value is -1.51. The monoisotopic (exact) mass is 261 g/mol. The zero-order valence-corrected chi connectivity index (χ0v) is 11.8. The number of carbonyl (C=O) groups excluding carboxylic acids is 1. The summed E-state index contributed by atoms with van der Waals surface area (Å²) in [5.41, 5.74) is 0. The van der Waals surface area contributed by atoms with E-state index in [1.807, 2.05) is 42.2 Å². The third-order valence-electron chi connectivity index (χ3n) is 3.75. The molecule has 1 heterocycles. The van der Waals surface area contributed by atoms with Crippen LogP contribution in [0.1, 0.15) is 39.5 Å². The molecule has 0 spiro atoms. The number of likely N-dealkylation sites (tertiary alicyclic amines) is 1. The number of nitrogens with zero attached hydrogens (tertiary/aromatic N) is 1. The van der Waals surface area contributed by atoms with Gasteiger partial charge in [-0.25, -0.2) is 0 Å². The van der Waals surface area contributed by atoms with Gasteiger partial charge in [0.1, 0.15) is 5.75 Å². The molecule has 0 aromatic heterocycles. The lowest BCUT2D eigenvalue weighted by molar-refractivity contribution is -0.142. The van der Waals surface area contributed by atoms with Crippen molar-refractivity contribution in [2.75, 3.05) is 6.54 Å². The van der Waals surface area contributed by atoms with Crippen LogP contribution in [0.5, 0.6) is 5.75 Å². The highest BCUT2D eigenvalue weighted by atomic mass is 16.5. The van der Waals surface area contributed by atoms with E-state index in [-0.39, 0.29) is 12.0 Å². The smallest absolute Gasteiger partial charge is 0.263 e. The molecule has 1 saturated heterocycles. The second-order valence-corrected chi connectivity index (χ2v) is 5.20. The third kappa shape index (κ3) is 3.49. The van der Waals surface area contributed by atoms with Crippen LogP contribution in [-0.2, 0) is 4.79 Å². The van der Waals surface area contributed by atoms with Gasteiger partial charge in [0, 0.05) is 12.6 Å². The van der Waals surface area contributed by atoms with E-state index in [2.05, 4.69) is 6.92 Å². The summed E-state index contributed by atoms with van der Waals surface area (Å²) in [5.74, 6) is 0.908. The first-order valence-corrected chi connectivity index (χ1v) is 7.24. The van der Waals surface area contributed by atoms with E-state index in [0.29, 0.717) is 12.5 Å². The predicted molar refractivity (Wildman–Crippen MR) is 76.2 cm³/mol. The number of ether oxygens (including phenoxy) is 1. The maximum atomic E-state index is 12.5. The molecule has 2 rings (SSSR count). The van der Waals surface area contributed by atoms with Crippen molar-refractivity contribution in [3.8, 4) is 5.75 Å². The summed E-state index contributed by atoms with van der Waals surface area (Å²) in [6.07, 6.45) is 3.78. The molecule has 0 saturated carbocycles. The Kier molecular flexibility index (Phi) is 4.83. The topological polar surface area (TPSA) is 29.5 Å². The van der Waals surface area contributed by atoms with E-state index < -0.39 is 0 Å². The van der Waals surface area contributed by atoms with Gasteiger partial charge in [0.25, 0.3) is 5.91 Å². The molecule has 0 radical (unpaired) electrons. The minimum absolute atomic E-state index is 0.138. The Balaban J connectivity index is 2.02. The zero-order chi connectivity index (χ0) is 13.7. The van der Waals surface area contributed by atoms with E-state index in [0.717, 1.165) is 25.1 Å². The van der Waals surface area contributed by atoms with Crippen molar-refractivity contribution in [3.05, 3.63) is 30.3 Å². The number of benzene rings is 1. The summed E-state index contributed by atoms with van der Waals surface area (Å²) in [4.78, 5) is 14.5. The highest BCUT2D eigenvalue weighted by molar-refractivity contribution is 5.81. The number of carbonyl (C=O) groups is 1. The Labute approximate surface area is 115 Å². The molecule has 3 heteroatoms. The number of rotatable bonds is 4. The SMILES string of the molecule is CC[C@H](Oc1ccccc1)C(=O)N1CCCC[C@@H]1C. The Bertz CT molecular complexity index is 404. The molecular weight excluding hydrogens is 238 g/mol. The van der Waals surface area contributed by atoms with Gasteiger partial charge in [-0.15, -0.1) is 0 Å². The van der Waals surface area contributed by atoms with Crippen LogP contribution in [0.15, 0.2) is 30.3 Å². The molecule has 19 heavy (non-hydrogen) atoms. The van der Waals surface area contributed by atoms with Gasteiger partial charge in [-0.2, -0.15) is 0 Å². The van der Waals surface area contributed by atoms with E-state index in [1.165, 1.54) is 6.42 Å². The summed E-state index contributed by atoms with van der Waals surface area (Å²) in [6.45, 7) is 5.00. The minimum atomic E-state index is -0.358. The van der Waals surface area contributed by atoms with E-state index in [1.54, 1.807) is 0 Å². The lowest BCUT2D eigenvalue weighted by atomic mass is 10.0. The van der Waals surface area contributed by atoms with Crippen LogP contribution in [0.4, 0.5) is 0 Å². The first-order chi connectivity index (χ1) is 9.22. The van der Waals surface area contributed by atoms with Crippen LogP contribution in [0.3, 0.4) is 0 Å². The second-order valence-electron chi connectivity index (χ2n) is 5.20. The van der Waals surface area contributed by atoms with E-state index in [9.17, 15) is 4.79 Å². The number of hydrogen-bond acceptors (Lipinski definition) is 2. The Morgan fingerprint density at radius 1 is 1.37 bits per heavy atom. The van der Waals surface area contributed by atoms with Crippen LogP contribution < -0.4 is 4.74 Å². The zero-order valence-electron chi connectivity index (χ0n) is 11.8. The molecule has 1 aromatic rings. The molecule has 1 aromatic carbocycles. The van der Waals surface area contributed by atoms with Gasteiger partial charge in [0.05, 0.1) is 0 Å². The molecule has 2 atom stereocenters. The van der Waals surface area contributed by atoms with Crippen LogP contribution in [0.25, 0.3) is 0 Å². The van der Waals surface area contributed by atoms with Gasteiger partial charge in [-0.1, -0.05) is 25.1 Å². The molecular formula is C16H23NO2. The van der Waals surface area contributed by atoms with Crippen molar-refractivity contribution in [3.63, 3.8) is 0 Å². The van der Waals surface area contributed by atoms with Gasteiger partial charge in [-0.05, 0) is 44.7 Å². The van der Waals surface area contributed by atoms with Crippen LogP contribution in [0, 0.1) is 0 Å². The summed E-state index contributed by atoms with van der Waals surface area (Å²) in [5, 5.41) is 0. The highest BCUT2D eigenvalue weighted by Gasteiger charge is 2.29. The Morgan fingerprint density at radius 3 is 2.74 bits per heavy atom. The van der Waals surface area contributed by atoms with Crippen molar-refractivity contribution in [2.45, 2.75) is 51.7 Å².